The van der Waals surface area contributed by atoms with Crippen molar-refractivity contribution in [2.75, 3.05) is 26.9 Å². The topological polar surface area (TPSA) is 90.9 Å². The molecule has 172 valence electrons. The number of allylic oxidation sites excluding steroid dienone is 3. The Labute approximate surface area is 188 Å². The predicted octanol–water partition coefficient (Wildman–Crippen LogP) is 3.19. The largest absolute Gasteiger partial charge is 0.468 e. The minimum Gasteiger partial charge on any atom is -0.468 e. The Morgan fingerprint density at radius 3 is 2.44 bits per heavy atom. The summed E-state index contributed by atoms with van der Waals surface area (Å²) in [5, 5.41) is 3.25. The molecule has 1 N–H and O–H groups in total. The van der Waals surface area contributed by atoms with E-state index in [1.807, 2.05) is 52.0 Å². The van der Waals surface area contributed by atoms with E-state index >= 15 is 0 Å². The number of carbonyl (C=O) groups is 3. The number of nitrogens with one attached hydrogen (secondary N) is 1. The molecule has 0 bridgehead atoms. The van der Waals surface area contributed by atoms with E-state index in [-0.39, 0.29) is 18.3 Å². The Kier molecular flexibility index (Phi) is 7.51. The molecular weight excluding hydrogens is 410 g/mol. The average molecular weight is 442 g/mol. The van der Waals surface area contributed by atoms with E-state index in [1.54, 1.807) is 0 Å². The van der Waals surface area contributed by atoms with E-state index in [1.165, 1.54) is 7.11 Å². The summed E-state index contributed by atoms with van der Waals surface area (Å²) < 4.78 is 15.7. The molecule has 0 spiro atoms. The maximum atomic E-state index is 13.6. The van der Waals surface area contributed by atoms with Crippen LogP contribution in [0.2, 0.25) is 0 Å². The second-order valence-electron chi connectivity index (χ2n) is 8.28. The highest BCUT2D eigenvalue weighted by molar-refractivity contribution is 6.12. The van der Waals surface area contributed by atoms with Crippen molar-refractivity contribution in [1.82, 2.24) is 5.32 Å². The summed E-state index contributed by atoms with van der Waals surface area (Å²) >= 11 is 0. The zero-order valence-electron chi connectivity index (χ0n) is 19.3. The van der Waals surface area contributed by atoms with Crippen molar-refractivity contribution >= 4 is 17.7 Å². The van der Waals surface area contributed by atoms with Crippen molar-refractivity contribution in [3.05, 3.63) is 57.9 Å². The van der Waals surface area contributed by atoms with Crippen LogP contribution in [0, 0.1) is 18.8 Å². The minimum absolute atomic E-state index is 0.117. The Morgan fingerprint density at radius 2 is 1.81 bits per heavy atom. The molecule has 1 aliphatic heterocycles. The summed E-state index contributed by atoms with van der Waals surface area (Å²) in [4.78, 5) is 39.2. The van der Waals surface area contributed by atoms with Gasteiger partial charge in [0.1, 0.15) is 12.5 Å². The molecule has 0 aromatic heterocycles. The number of hydrogen-bond acceptors (Lipinski definition) is 7. The number of dihydropyridines is 1. The van der Waals surface area contributed by atoms with Crippen molar-refractivity contribution in [2.45, 2.75) is 40.0 Å². The quantitative estimate of drug-likeness (QED) is 0.395. The normalized spacial score (nSPS) is 22.9. The van der Waals surface area contributed by atoms with Crippen molar-refractivity contribution in [1.29, 1.82) is 0 Å². The number of rotatable bonds is 7. The molecule has 3 rings (SSSR count). The van der Waals surface area contributed by atoms with Crippen LogP contribution in [0.1, 0.15) is 44.2 Å². The van der Waals surface area contributed by atoms with Gasteiger partial charge in [-0.05, 0) is 38.7 Å². The first kappa shape index (κ1) is 23.7. The van der Waals surface area contributed by atoms with Crippen molar-refractivity contribution < 1.29 is 28.6 Å². The zero-order valence-corrected chi connectivity index (χ0v) is 19.3. The van der Waals surface area contributed by atoms with Gasteiger partial charge >= 0.3 is 11.9 Å². The third-order valence-electron chi connectivity index (χ3n) is 6.04. The predicted molar refractivity (Wildman–Crippen MR) is 119 cm³/mol. The molecule has 0 fully saturated rings. The van der Waals surface area contributed by atoms with Gasteiger partial charge in [0, 0.05) is 29.5 Å². The van der Waals surface area contributed by atoms with Gasteiger partial charge in [-0.25, -0.2) is 4.79 Å². The van der Waals surface area contributed by atoms with Gasteiger partial charge in [-0.3, -0.25) is 9.59 Å². The van der Waals surface area contributed by atoms with Crippen LogP contribution in [0.3, 0.4) is 0 Å². The Bertz CT molecular complexity index is 959. The number of ether oxygens (including phenoxy) is 3. The van der Waals surface area contributed by atoms with Crippen molar-refractivity contribution in [3.8, 4) is 0 Å². The molecular formula is C25H31NO6. The number of benzene rings is 1. The molecule has 0 radical (unpaired) electrons. The van der Waals surface area contributed by atoms with Crippen LogP contribution < -0.4 is 5.32 Å². The van der Waals surface area contributed by atoms with Crippen LogP contribution in [-0.2, 0) is 28.6 Å². The molecule has 0 unspecified atom stereocenters. The van der Waals surface area contributed by atoms with Gasteiger partial charge in [0.2, 0.25) is 0 Å². The fraction of sp³-hybridized carbons (Fsp3) is 0.480. The lowest BCUT2D eigenvalue weighted by Gasteiger charge is -2.38. The standard InChI is InChI=1S/C25H31NO6/c1-6-31-11-12-32-25(29)20-16(4)26-18-13-15(3)19(24(28)30-5)23(27)22(18)21(20)17-9-7-14(2)8-10-17/h7-10,15,19,21,26H,6,11-13H2,1-5H3/t15-,19+,21-/m1/s1. The summed E-state index contributed by atoms with van der Waals surface area (Å²) in [5.74, 6) is -3.11. The molecule has 7 nitrogen and oxygen atoms in total. The maximum Gasteiger partial charge on any atom is 0.336 e. The lowest BCUT2D eigenvalue weighted by Crippen LogP contribution is -2.43. The summed E-state index contributed by atoms with van der Waals surface area (Å²) in [7, 11) is 1.29. The molecule has 3 atom stereocenters. The van der Waals surface area contributed by atoms with Gasteiger partial charge in [0.05, 0.1) is 19.3 Å². The van der Waals surface area contributed by atoms with Crippen LogP contribution in [0.4, 0.5) is 0 Å². The van der Waals surface area contributed by atoms with E-state index in [0.717, 1.165) is 16.8 Å². The number of ketones is 1. The van der Waals surface area contributed by atoms with Crippen molar-refractivity contribution in [2.24, 2.45) is 11.8 Å². The van der Waals surface area contributed by atoms with E-state index < -0.39 is 23.8 Å². The molecule has 0 saturated carbocycles. The molecule has 7 heteroatoms. The maximum absolute atomic E-state index is 13.6. The van der Waals surface area contributed by atoms with Gasteiger partial charge < -0.3 is 19.5 Å². The summed E-state index contributed by atoms with van der Waals surface area (Å²) in [6, 6.07) is 7.71. The Morgan fingerprint density at radius 1 is 1.12 bits per heavy atom. The lowest BCUT2D eigenvalue weighted by molar-refractivity contribution is -0.151. The van der Waals surface area contributed by atoms with Gasteiger partial charge in [-0.15, -0.1) is 0 Å². The van der Waals surface area contributed by atoms with Crippen molar-refractivity contribution in [3.63, 3.8) is 0 Å². The second-order valence-corrected chi connectivity index (χ2v) is 8.28. The Balaban J connectivity index is 2.06. The highest BCUT2D eigenvalue weighted by Crippen LogP contribution is 2.45. The van der Waals surface area contributed by atoms with Crippen LogP contribution in [0.25, 0.3) is 0 Å². The van der Waals surface area contributed by atoms with E-state index in [0.29, 0.717) is 36.5 Å². The first-order valence-electron chi connectivity index (χ1n) is 10.9. The van der Waals surface area contributed by atoms with Crippen LogP contribution in [0.15, 0.2) is 46.8 Å². The molecule has 1 aliphatic carbocycles. The Hall–Kier alpha value is -2.93. The first-order valence-corrected chi connectivity index (χ1v) is 10.9. The second kappa shape index (κ2) is 10.1. The number of esters is 2. The van der Waals surface area contributed by atoms with E-state index in [2.05, 4.69) is 5.32 Å². The van der Waals surface area contributed by atoms with Gasteiger partial charge in [0.25, 0.3) is 0 Å². The molecule has 2 aliphatic rings. The number of aryl methyl sites for hydroxylation is 1. The average Bonchev–Trinajstić information content (AvgIpc) is 2.76. The highest BCUT2D eigenvalue weighted by atomic mass is 16.6. The smallest absolute Gasteiger partial charge is 0.336 e. The summed E-state index contributed by atoms with van der Waals surface area (Å²) in [5.41, 5.74) is 4.06. The fourth-order valence-corrected chi connectivity index (χ4v) is 4.46. The molecule has 0 saturated heterocycles. The van der Waals surface area contributed by atoms with Crippen LogP contribution >= 0.6 is 0 Å². The molecule has 1 heterocycles. The molecule has 1 aromatic carbocycles. The number of carbonyl (C=O) groups excluding carboxylic acids is 3. The molecule has 1 aromatic rings. The zero-order chi connectivity index (χ0) is 23.4. The third kappa shape index (κ3) is 4.63. The van der Waals surface area contributed by atoms with E-state index in [9.17, 15) is 14.4 Å². The van der Waals surface area contributed by atoms with Gasteiger partial charge in [-0.1, -0.05) is 36.8 Å². The molecule has 0 amide bonds. The highest BCUT2D eigenvalue weighted by Gasteiger charge is 2.47. The summed E-state index contributed by atoms with van der Waals surface area (Å²) in [6.07, 6.45) is 0.507. The number of hydrogen-bond donors (Lipinski definition) is 1. The summed E-state index contributed by atoms with van der Waals surface area (Å²) in [6.45, 7) is 8.46. The molecule has 32 heavy (non-hydrogen) atoms. The van der Waals surface area contributed by atoms with Gasteiger partial charge in [0.15, 0.2) is 5.78 Å². The SMILES string of the molecule is CCOCCOC(=O)C1=C(C)NC2=C(C(=O)[C@@H](C(=O)OC)[C@H](C)C2)[C@@H]1c1ccc(C)cc1. The lowest BCUT2D eigenvalue weighted by atomic mass is 9.69. The number of methoxy groups -OCH3 is 1. The third-order valence-corrected chi connectivity index (χ3v) is 6.04. The minimum atomic E-state index is -0.901. The van der Waals surface area contributed by atoms with Crippen LogP contribution in [0.5, 0.6) is 0 Å². The number of Topliss-reactive ketones (excluding diaryl/α,β-unsaturated/α-hetero) is 1. The van der Waals surface area contributed by atoms with E-state index in [4.69, 9.17) is 14.2 Å². The van der Waals surface area contributed by atoms with Gasteiger partial charge in [-0.2, -0.15) is 0 Å². The first-order chi connectivity index (χ1) is 15.3. The monoisotopic (exact) mass is 441 g/mol. The van der Waals surface area contributed by atoms with Crippen LogP contribution in [-0.4, -0.2) is 44.7 Å². The fourth-order valence-electron chi connectivity index (χ4n) is 4.46.